The first-order valence-electron chi connectivity index (χ1n) is 5.96. The SMILES string of the molecule is COC(=O)/C=C/NCCNC(=O)c1ccc(C)cc1. The second-order valence-electron chi connectivity index (χ2n) is 3.93. The molecule has 0 fully saturated rings. The molecule has 0 saturated heterocycles. The van der Waals surface area contributed by atoms with Gasteiger partial charge >= 0.3 is 5.97 Å². The number of rotatable bonds is 6. The van der Waals surface area contributed by atoms with Gasteiger partial charge in [0.1, 0.15) is 0 Å². The molecule has 1 aromatic rings. The zero-order valence-corrected chi connectivity index (χ0v) is 11.1. The van der Waals surface area contributed by atoms with Crippen molar-refractivity contribution in [3.8, 4) is 0 Å². The van der Waals surface area contributed by atoms with E-state index in [1.165, 1.54) is 19.4 Å². The molecular formula is C14H18N2O3. The van der Waals surface area contributed by atoms with Gasteiger partial charge in [-0.15, -0.1) is 0 Å². The summed E-state index contributed by atoms with van der Waals surface area (Å²) in [5.74, 6) is -0.532. The van der Waals surface area contributed by atoms with Crippen molar-refractivity contribution < 1.29 is 14.3 Å². The Morgan fingerprint density at radius 1 is 1.21 bits per heavy atom. The van der Waals surface area contributed by atoms with Gasteiger partial charge in [-0.3, -0.25) is 4.79 Å². The molecule has 0 aromatic heterocycles. The Hall–Kier alpha value is -2.30. The molecule has 0 unspecified atom stereocenters. The van der Waals surface area contributed by atoms with Gasteiger partial charge in [-0.2, -0.15) is 0 Å². The van der Waals surface area contributed by atoms with E-state index in [4.69, 9.17) is 0 Å². The molecule has 0 atom stereocenters. The topological polar surface area (TPSA) is 67.4 Å². The minimum Gasteiger partial charge on any atom is -0.466 e. The zero-order chi connectivity index (χ0) is 14.1. The molecule has 1 aromatic carbocycles. The molecule has 5 heteroatoms. The lowest BCUT2D eigenvalue weighted by atomic mass is 10.1. The van der Waals surface area contributed by atoms with Gasteiger partial charge in [0, 0.05) is 30.9 Å². The third-order valence-corrected chi connectivity index (χ3v) is 2.41. The Bertz CT molecular complexity index is 452. The van der Waals surface area contributed by atoms with Gasteiger partial charge in [0.15, 0.2) is 0 Å². The minimum atomic E-state index is -0.420. The largest absolute Gasteiger partial charge is 0.466 e. The number of ether oxygens (including phenoxy) is 1. The zero-order valence-electron chi connectivity index (χ0n) is 11.1. The van der Waals surface area contributed by atoms with Crippen molar-refractivity contribution in [2.45, 2.75) is 6.92 Å². The van der Waals surface area contributed by atoms with Crippen LogP contribution in [0, 0.1) is 6.92 Å². The summed E-state index contributed by atoms with van der Waals surface area (Å²) in [5, 5.41) is 5.64. The van der Waals surface area contributed by atoms with Gasteiger partial charge in [0.25, 0.3) is 5.91 Å². The summed E-state index contributed by atoms with van der Waals surface area (Å²) >= 11 is 0. The Morgan fingerprint density at radius 2 is 1.89 bits per heavy atom. The number of aryl methyl sites for hydroxylation is 1. The van der Waals surface area contributed by atoms with Crippen LogP contribution >= 0.6 is 0 Å². The number of methoxy groups -OCH3 is 1. The molecular weight excluding hydrogens is 244 g/mol. The summed E-state index contributed by atoms with van der Waals surface area (Å²) in [7, 11) is 1.31. The van der Waals surface area contributed by atoms with E-state index in [-0.39, 0.29) is 5.91 Å². The van der Waals surface area contributed by atoms with Crippen molar-refractivity contribution >= 4 is 11.9 Å². The van der Waals surface area contributed by atoms with Crippen molar-refractivity contribution in [3.63, 3.8) is 0 Å². The average molecular weight is 262 g/mol. The van der Waals surface area contributed by atoms with E-state index in [2.05, 4.69) is 15.4 Å². The predicted molar refractivity (Wildman–Crippen MR) is 72.7 cm³/mol. The van der Waals surface area contributed by atoms with E-state index in [0.29, 0.717) is 18.7 Å². The summed E-state index contributed by atoms with van der Waals surface area (Å²) in [6.07, 6.45) is 2.77. The van der Waals surface area contributed by atoms with E-state index in [1.54, 1.807) is 12.1 Å². The van der Waals surface area contributed by atoms with Crippen LogP contribution in [0.25, 0.3) is 0 Å². The fourth-order valence-corrected chi connectivity index (χ4v) is 1.33. The Balaban J connectivity index is 2.22. The van der Waals surface area contributed by atoms with Crippen LogP contribution in [0.4, 0.5) is 0 Å². The summed E-state index contributed by atoms with van der Waals surface area (Å²) in [6, 6.07) is 7.36. The highest BCUT2D eigenvalue weighted by Crippen LogP contribution is 2.02. The highest BCUT2D eigenvalue weighted by Gasteiger charge is 2.02. The van der Waals surface area contributed by atoms with Crippen LogP contribution in [0.3, 0.4) is 0 Å². The van der Waals surface area contributed by atoms with Gasteiger partial charge in [0.2, 0.25) is 0 Å². The van der Waals surface area contributed by atoms with Crippen LogP contribution in [-0.2, 0) is 9.53 Å². The molecule has 0 heterocycles. The van der Waals surface area contributed by atoms with E-state index in [9.17, 15) is 9.59 Å². The molecule has 1 amide bonds. The Kier molecular flexibility index (Phi) is 6.15. The van der Waals surface area contributed by atoms with Crippen LogP contribution in [0.5, 0.6) is 0 Å². The summed E-state index contributed by atoms with van der Waals surface area (Å²) < 4.78 is 4.43. The van der Waals surface area contributed by atoms with Crippen molar-refractivity contribution in [1.82, 2.24) is 10.6 Å². The molecule has 0 aliphatic heterocycles. The number of benzene rings is 1. The van der Waals surface area contributed by atoms with Crippen molar-refractivity contribution in [1.29, 1.82) is 0 Å². The smallest absolute Gasteiger partial charge is 0.331 e. The second-order valence-corrected chi connectivity index (χ2v) is 3.93. The lowest BCUT2D eigenvalue weighted by Gasteiger charge is -2.05. The Morgan fingerprint density at radius 3 is 2.53 bits per heavy atom. The molecule has 0 bridgehead atoms. The lowest BCUT2D eigenvalue weighted by Crippen LogP contribution is -2.30. The molecule has 5 nitrogen and oxygen atoms in total. The fourth-order valence-electron chi connectivity index (χ4n) is 1.33. The molecule has 0 spiro atoms. The number of carbonyl (C=O) groups is 2. The Labute approximate surface area is 112 Å². The average Bonchev–Trinajstić information content (AvgIpc) is 2.42. The fraction of sp³-hybridized carbons (Fsp3) is 0.286. The number of carbonyl (C=O) groups excluding carboxylic acids is 2. The monoisotopic (exact) mass is 262 g/mol. The van der Waals surface area contributed by atoms with Crippen molar-refractivity contribution in [2.75, 3.05) is 20.2 Å². The third kappa shape index (κ3) is 5.72. The van der Waals surface area contributed by atoms with Crippen molar-refractivity contribution in [2.24, 2.45) is 0 Å². The maximum atomic E-state index is 11.7. The normalized spacial score (nSPS) is 10.2. The second kappa shape index (κ2) is 7.92. The first kappa shape index (κ1) is 14.8. The molecule has 19 heavy (non-hydrogen) atoms. The van der Waals surface area contributed by atoms with E-state index in [0.717, 1.165) is 5.56 Å². The quantitative estimate of drug-likeness (QED) is 0.456. The molecule has 1 rings (SSSR count). The molecule has 102 valence electrons. The van der Waals surface area contributed by atoms with Gasteiger partial charge in [-0.1, -0.05) is 17.7 Å². The van der Waals surface area contributed by atoms with E-state index in [1.807, 2.05) is 19.1 Å². The van der Waals surface area contributed by atoms with Crippen LogP contribution < -0.4 is 10.6 Å². The number of nitrogens with one attached hydrogen (secondary N) is 2. The maximum absolute atomic E-state index is 11.7. The molecule has 0 saturated carbocycles. The highest BCUT2D eigenvalue weighted by atomic mass is 16.5. The summed E-state index contributed by atoms with van der Waals surface area (Å²) in [5.41, 5.74) is 1.75. The molecule has 2 N–H and O–H groups in total. The first-order chi connectivity index (χ1) is 9.13. The van der Waals surface area contributed by atoms with E-state index >= 15 is 0 Å². The van der Waals surface area contributed by atoms with Crippen LogP contribution in [0.15, 0.2) is 36.5 Å². The highest BCUT2D eigenvalue weighted by molar-refractivity contribution is 5.94. The number of esters is 1. The van der Waals surface area contributed by atoms with Crippen LogP contribution in [-0.4, -0.2) is 32.1 Å². The van der Waals surface area contributed by atoms with Gasteiger partial charge < -0.3 is 15.4 Å². The first-order valence-corrected chi connectivity index (χ1v) is 5.96. The number of amides is 1. The minimum absolute atomic E-state index is 0.112. The number of hydrogen-bond acceptors (Lipinski definition) is 4. The van der Waals surface area contributed by atoms with Crippen LogP contribution in [0.2, 0.25) is 0 Å². The number of hydrogen-bond donors (Lipinski definition) is 2. The standard InChI is InChI=1S/C14H18N2O3/c1-11-3-5-12(6-4-11)14(18)16-10-9-15-8-7-13(17)19-2/h3-8,15H,9-10H2,1-2H3,(H,16,18)/b8-7+. The third-order valence-electron chi connectivity index (χ3n) is 2.41. The van der Waals surface area contributed by atoms with Crippen LogP contribution in [0.1, 0.15) is 15.9 Å². The summed E-state index contributed by atoms with van der Waals surface area (Å²) in [6.45, 7) is 2.97. The molecule has 0 aliphatic rings. The van der Waals surface area contributed by atoms with Gasteiger partial charge in [-0.05, 0) is 19.1 Å². The maximum Gasteiger partial charge on any atom is 0.331 e. The lowest BCUT2D eigenvalue weighted by molar-refractivity contribution is -0.134. The van der Waals surface area contributed by atoms with Crippen molar-refractivity contribution in [3.05, 3.63) is 47.7 Å². The molecule has 0 radical (unpaired) electrons. The van der Waals surface area contributed by atoms with Gasteiger partial charge in [0.05, 0.1) is 7.11 Å². The predicted octanol–water partition coefficient (Wildman–Crippen LogP) is 1.00. The van der Waals surface area contributed by atoms with Gasteiger partial charge in [-0.25, -0.2) is 4.79 Å². The van der Waals surface area contributed by atoms with E-state index < -0.39 is 5.97 Å². The summed E-state index contributed by atoms with van der Waals surface area (Å²) in [4.78, 5) is 22.5. The molecule has 0 aliphatic carbocycles.